The Hall–Kier alpha value is -1.09. The summed E-state index contributed by atoms with van der Waals surface area (Å²) >= 11 is 0. The van der Waals surface area contributed by atoms with Gasteiger partial charge in [-0.05, 0) is 13.3 Å². The molecular formula is C9H15NO2. The van der Waals surface area contributed by atoms with Gasteiger partial charge in [-0.25, -0.2) is 0 Å². The molecule has 3 heteroatoms. The summed E-state index contributed by atoms with van der Waals surface area (Å²) in [6.07, 6.45) is 2.21. The van der Waals surface area contributed by atoms with Crippen LogP contribution in [-0.2, 0) is 4.79 Å². The summed E-state index contributed by atoms with van der Waals surface area (Å²) in [5.74, 6) is -1.20. The van der Waals surface area contributed by atoms with Gasteiger partial charge >= 0.3 is 5.97 Å². The fourth-order valence-electron chi connectivity index (χ4n) is 1.01. The Balaban J connectivity index is 4.38. The van der Waals surface area contributed by atoms with Crippen molar-refractivity contribution in [1.82, 2.24) is 0 Å². The number of hydrogen-bond acceptors (Lipinski definition) is 2. The maximum absolute atomic E-state index is 10.5. The van der Waals surface area contributed by atoms with Crippen LogP contribution in [0.2, 0.25) is 0 Å². The average Bonchev–Trinajstić information content (AvgIpc) is 1.98. The fourth-order valence-corrected chi connectivity index (χ4v) is 1.01. The summed E-state index contributed by atoms with van der Waals surface area (Å²) in [7, 11) is 0. The third kappa shape index (κ3) is 2.88. The lowest BCUT2D eigenvalue weighted by molar-refractivity contribution is -0.139. The van der Waals surface area contributed by atoms with Gasteiger partial charge in [-0.15, -0.1) is 6.58 Å². The summed E-state index contributed by atoms with van der Waals surface area (Å²) < 4.78 is 0. The molecule has 0 aromatic rings. The van der Waals surface area contributed by atoms with Gasteiger partial charge in [0, 0.05) is 5.92 Å². The Kier molecular flexibility index (Phi) is 4.29. The zero-order chi connectivity index (χ0) is 9.72. The summed E-state index contributed by atoms with van der Waals surface area (Å²) in [5.41, 5.74) is 6.22. The van der Waals surface area contributed by atoms with E-state index in [0.29, 0.717) is 6.42 Å². The molecule has 0 radical (unpaired) electrons. The van der Waals surface area contributed by atoms with Crippen molar-refractivity contribution in [3.63, 3.8) is 0 Å². The van der Waals surface area contributed by atoms with Crippen molar-refractivity contribution in [2.75, 3.05) is 0 Å². The molecule has 0 saturated heterocycles. The molecule has 0 amide bonds. The van der Waals surface area contributed by atoms with Crippen molar-refractivity contribution < 1.29 is 9.90 Å². The smallest absolute Gasteiger partial charge is 0.321 e. The van der Waals surface area contributed by atoms with Gasteiger partial charge in [0.05, 0.1) is 0 Å². The van der Waals surface area contributed by atoms with Gasteiger partial charge in [-0.1, -0.05) is 18.2 Å². The van der Waals surface area contributed by atoms with E-state index in [2.05, 4.69) is 13.2 Å². The largest absolute Gasteiger partial charge is 0.480 e. The van der Waals surface area contributed by atoms with Crippen LogP contribution in [0, 0.1) is 5.92 Å². The fraction of sp³-hybridized carbons (Fsp3) is 0.444. The van der Waals surface area contributed by atoms with Crippen LogP contribution in [0.15, 0.2) is 24.8 Å². The number of hydrogen-bond donors (Lipinski definition) is 2. The molecule has 0 bridgehead atoms. The summed E-state index contributed by atoms with van der Waals surface area (Å²) in [5, 5.41) is 8.63. The molecule has 0 aromatic carbocycles. The van der Waals surface area contributed by atoms with E-state index in [0.717, 1.165) is 5.57 Å². The van der Waals surface area contributed by atoms with Crippen molar-refractivity contribution >= 4 is 5.97 Å². The van der Waals surface area contributed by atoms with E-state index in [9.17, 15) is 4.79 Å². The molecule has 0 saturated carbocycles. The van der Waals surface area contributed by atoms with Gasteiger partial charge < -0.3 is 10.8 Å². The van der Waals surface area contributed by atoms with Crippen LogP contribution in [0.25, 0.3) is 0 Å². The Bertz CT molecular complexity index is 199. The predicted molar refractivity (Wildman–Crippen MR) is 48.7 cm³/mol. The second-order valence-electron chi connectivity index (χ2n) is 2.84. The topological polar surface area (TPSA) is 63.3 Å². The van der Waals surface area contributed by atoms with Crippen LogP contribution in [0.1, 0.15) is 13.3 Å². The van der Waals surface area contributed by atoms with E-state index >= 15 is 0 Å². The first-order valence-electron chi connectivity index (χ1n) is 3.75. The molecule has 68 valence electrons. The van der Waals surface area contributed by atoms with Crippen molar-refractivity contribution in [2.45, 2.75) is 19.4 Å². The first-order valence-corrected chi connectivity index (χ1v) is 3.75. The highest BCUT2D eigenvalue weighted by molar-refractivity contribution is 5.74. The van der Waals surface area contributed by atoms with E-state index in [1.165, 1.54) is 0 Å². The number of nitrogens with two attached hydrogens (primary N) is 1. The highest BCUT2D eigenvalue weighted by atomic mass is 16.4. The lowest BCUT2D eigenvalue weighted by atomic mass is 9.91. The Morgan fingerprint density at radius 3 is 2.50 bits per heavy atom. The minimum atomic E-state index is -0.996. The van der Waals surface area contributed by atoms with E-state index in [-0.39, 0.29) is 5.92 Å². The number of rotatable bonds is 5. The van der Waals surface area contributed by atoms with Crippen LogP contribution in [0.5, 0.6) is 0 Å². The summed E-state index contributed by atoms with van der Waals surface area (Å²) in [4.78, 5) is 10.5. The van der Waals surface area contributed by atoms with Crippen LogP contribution < -0.4 is 5.73 Å². The lowest BCUT2D eigenvalue weighted by Crippen LogP contribution is -2.38. The van der Waals surface area contributed by atoms with Crippen LogP contribution in [0.4, 0.5) is 0 Å². The quantitative estimate of drug-likeness (QED) is 0.607. The zero-order valence-corrected chi connectivity index (χ0v) is 7.29. The molecule has 0 aliphatic rings. The number of carboxylic acid groups (broad SMARTS) is 1. The predicted octanol–water partition coefficient (Wildman–Crippen LogP) is 1.17. The second kappa shape index (κ2) is 4.72. The van der Waals surface area contributed by atoms with Gasteiger partial charge in [0.25, 0.3) is 0 Å². The number of carbonyl (C=O) groups is 1. The normalized spacial score (nSPS) is 14.8. The van der Waals surface area contributed by atoms with E-state index in [1.807, 2.05) is 0 Å². The molecule has 2 atom stereocenters. The molecule has 0 spiro atoms. The first-order chi connectivity index (χ1) is 5.50. The molecule has 0 aliphatic heterocycles. The molecule has 0 aliphatic carbocycles. The van der Waals surface area contributed by atoms with Crippen LogP contribution in [-0.4, -0.2) is 17.1 Å². The Morgan fingerprint density at radius 2 is 2.25 bits per heavy atom. The zero-order valence-electron chi connectivity index (χ0n) is 7.29. The van der Waals surface area contributed by atoms with E-state index < -0.39 is 12.0 Å². The molecule has 0 heterocycles. The third-order valence-corrected chi connectivity index (χ3v) is 1.77. The maximum atomic E-state index is 10.5. The second-order valence-corrected chi connectivity index (χ2v) is 2.84. The summed E-state index contributed by atoms with van der Waals surface area (Å²) in [6.45, 7) is 9.00. The third-order valence-electron chi connectivity index (χ3n) is 1.77. The van der Waals surface area contributed by atoms with Gasteiger partial charge in [0.15, 0.2) is 0 Å². The minimum Gasteiger partial charge on any atom is -0.480 e. The number of allylic oxidation sites excluding steroid dienone is 1. The number of aliphatic carboxylic acids is 1. The van der Waals surface area contributed by atoms with Gasteiger partial charge in [0.2, 0.25) is 0 Å². The lowest BCUT2D eigenvalue weighted by Gasteiger charge is -2.18. The molecule has 12 heavy (non-hydrogen) atoms. The SMILES string of the molecule is C=CCC(C(=C)C)C(N)C(=O)O. The average molecular weight is 169 g/mol. The maximum Gasteiger partial charge on any atom is 0.321 e. The Labute approximate surface area is 72.6 Å². The Morgan fingerprint density at radius 1 is 1.75 bits per heavy atom. The van der Waals surface area contributed by atoms with Crippen molar-refractivity contribution in [2.24, 2.45) is 11.7 Å². The monoisotopic (exact) mass is 169 g/mol. The minimum absolute atomic E-state index is 0.208. The van der Waals surface area contributed by atoms with E-state index in [1.54, 1.807) is 13.0 Å². The highest BCUT2D eigenvalue weighted by Gasteiger charge is 2.23. The summed E-state index contributed by atoms with van der Waals surface area (Å²) in [6, 6.07) is -0.875. The van der Waals surface area contributed by atoms with Crippen molar-refractivity contribution in [1.29, 1.82) is 0 Å². The van der Waals surface area contributed by atoms with E-state index in [4.69, 9.17) is 10.8 Å². The van der Waals surface area contributed by atoms with Gasteiger partial charge in [0.1, 0.15) is 6.04 Å². The van der Waals surface area contributed by atoms with Crippen LogP contribution >= 0.6 is 0 Å². The molecule has 0 rings (SSSR count). The molecule has 0 aromatic heterocycles. The molecular weight excluding hydrogens is 154 g/mol. The molecule has 3 nitrogen and oxygen atoms in total. The van der Waals surface area contributed by atoms with Gasteiger partial charge in [-0.3, -0.25) is 4.79 Å². The van der Waals surface area contributed by atoms with Gasteiger partial charge in [-0.2, -0.15) is 0 Å². The van der Waals surface area contributed by atoms with Crippen LogP contribution in [0.3, 0.4) is 0 Å². The van der Waals surface area contributed by atoms with Crippen molar-refractivity contribution in [3.8, 4) is 0 Å². The molecule has 2 unspecified atom stereocenters. The first kappa shape index (κ1) is 10.9. The highest BCUT2D eigenvalue weighted by Crippen LogP contribution is 2.16. The number of carboxylic acids is 1. The molecule has 3 N–H and O–H groups in total. The molecule has 0 fully saturated rings. The van der Waals surface area contributed by atoms with Crippen molar-refractivity contribution in [3.05, 3.63) is 24.8 Å². The standard InChI is InChI=1S/C9H15NO2/c1-4-5-7(6(2)3)8(10)9(11)12/h4,7-8H,1-2,5,10H2,3H3,(H,11,12).